The normalized spacial score (nSPS) is 11.2. The maximum absolute atomic E-state index is 5.64. The third kappa shape index (κ3) is 24.2. The Morgan fingerprint density at radius 1 is 0.267 bits per heavy atom. The molecule has 2 rings (SSSR count). The van der Waals surface area contributed by atoms with Crippen LogP contribution in [0, 0.1) is 0 Å². The lowest BCUT2D eigenvalue weighted by Gasteiger charge is -2.09. The van der Waals surface area contributed by atoms with E-state index in [9.17, 15) is 0 Å². The Hall–Kier alpha value is -2.72. The second-order valence-electron chi connectivity index (χ2n) is 9.35. The molecule has 256 valence electrons. The molecule has 0 saturated heterocycles. The second-order valence-corrected chi connectivity index (χ2v) is 9.35. The molecule has 0 unspecified atom stereocenters. The van der Waals surface area contributed by atoms with Crippen molar-refractivity contribution in [1.82, 2.24) is 0 Å². The van der Waals surface area contributed by atoms with Gasteiger partial charge in [-0.1, -0.05) is 0 Å². The smallest absolute Gasteiger partial charge is 0.119 e. The van der Waals surface area contributed by atoms with Gasteiger partial charge >= 0.3 is 0 Å². The van der Waals surface area contributed by atoms with E-state index >= 15 is 0 Å². The molecule has 45 heavy (non-hydrogen) atoms. The number of hydrogen-bond acceptors (Lipinski definition) is 13. The molecule has 0 saturated carbocycles. The Balaban J connectivity index is 1.15. The van der Waals surface area contributed by atoms with Crippen molar-refractivity contribution in [2.24, 2.45) is 0 Å². The highest BCUT2D eigenvalue weighted by molar-refractivity contribution is 5.42. The summed E-state index contributed by atoms with van der Waals surface area (Å²) in [5.74, 6) is 1.54. The molecule has 0 spiro atoms. The molecule has 0 aliphatic heterocycles. The fraction of sp³-hybridized carbons (Fsp3) is 0.625. The van der Waals surface area contributed by atoms with Crippen molar-refractivity contribution >= 4 is 11.4 Å². The van der Waals surface area contributed by atoms with Crippen LogP contribution >= 0.6 is 0 Å². The van der Waals surface area contributed by atoms with Gasteiger partial charge in [-0.2, -0.15) is 0 Å². The third-order valence-corrected chi connectivity index (χ3v) is 5.73. The van der Waals surface area contributed by atoms with Crippen LogP contribution in [-0.4, -0.2) is 132 Å². The summed E-state index contributed by atoms with van der Waals surface area (Å²) < 4.78 is 60.4. The average molecular weight is 641 g/mol. The molecule has 0 heterocycles. The SMILES string of the molecule is Nc1ccc(OCCOCCOCCOCCOCCOCCOCCOCCOCCOCCOc2ccc(N)cc2)cc1. The third-order valence-electron chi connectivity index (χ3n) is 5.73. The lowest BCUT2D eigenvalue weighted by atomic mass is 10.3. The summed E-state index contributed by atoms with van der Waals surface area (Å²) in [5.41, 5.74) is 12.7. The fourth-order valence-electron chi connectivity index (χ4n) is 3.43. The molecule has 0 aliphatic rings. The minimum atomic E-state index is 0.475. The van der Waals surface area contributed by atoms with Gasteiger partial charge in [0.15, 0.2) is 0 Å². The predicted molar refractivity (Wildman–Crippen MR) is 170 cm³/mol. The molecule has 0 atom stereocenters. The summed E-state index contributed by atoms with van der Waals surface area (Å²) in [7, 11) is 0. The van der Waals surface area contributed by atoms with Gasteiger partial charge < -0.3 is 63.6 Å². The van der Waals surface area contributed by atoms with Crippen LogP contribution in [0.4, 0.5) is 11.4 Å². The van der Waals surface area contributed by atoms with Crippen molar-refractivity contribution in [3.8, 4) is 11.5 Å². The summed E-state index contributed by atoms with van der Waals surface area (Å²) in [5, 5.41) is 0. The highest BCUT2D eigenvalue weighted by Crippen LogP contribution is 2.13. The first-order chi connectivity index (χ1) is 22.2. The molecular weight excluding hydrogens is 588 g/mol. The van der Waals surface area contributed by atoms with Crippen molar-refractivity contribution in [2.45, 2.75) is 0 Å². The van der Waals surface area contributed by atoms with Crippen LogP contribution in [0.25, 0.3) is 0 Å². The van der Waals surface area contributed by atoms with Crippen LogP contribution in [0.1, 0.15) is 0 Å². The second kappa shape index (κ2) is 28.7. The minimum absolute atomic E-state index is 0.475. The maximum atomic E-state index is 5.64. The van der Waals surface area contributed by atoms with E-state index in [-0.39, 0.29) is 0 Å². The Kier molecular flexibility index (Phi) is 24.6. The topological polar surface area (TPSA) is 154 Å². The molecule has 13 heteroatoms. The quantitative estimate of drug-likeness (QED) is 0.0890. The summed E-state index contributed by atoms with van der Waals surface area (Å²) in [6.45, 7) is 10.0. The summed E-state index contributed by atoms with van der Waals surface area (Å²) in [4.78, 5) is 0. The maximum Gasteiger partial charge on any atom is 0.119 e. The van der Waals surface area contributed by atoms with Crippen molar-refractivity contribution in [3.63, 3.8) is 0 Å². The standard InChI is InChI=1S/C32H52N2O11/c33-29-1-5-31(6-2-29)44-27-25-42-23-21-40-19-17-38-15-13-36-11-9-35-10-12-37-14-16-39-18-20-41-22-24-43-26-28-45-32-7-3-30(34)4-8-32/h1-8H,9-28,33-34H2. The summed E-state index contributed by atoms with van der Waals surface area (Å²) >= 11 is 0. The number of rotatable bonds is 32. The first-order valence-electron chi connectivity index (χ1n) is 15.4. The van der Waals surface area contributed by atoms with Crippen molar-refractivity contribution in [3.05, 3.63) is 48.5 Å². The average Bonchev–Trinajstić information content (AvgIpc) is 3.05. The predicted octanol–water partition coefficient (Wildman–Crippen LogP) is 2.46. The molecule has 0 bridgehead atoms. The number of nitrogens with two attached hydrogens (primary N) is 2. The van der Waals surface area contributed by atoms with Crippen molar-refractivity contribution in [2.75, 3.05) is 144 Å². The Morgan fingerprint density at radius 3 is 0.644 bits per heavy atom. The van der Waals surface area contributed by atoms with Crippen molar-refractivity contribution in [1.29, 1.82) is 0 Å². The molecule has 2 aromatic carbocycles. The van der Waals surface area contributed by atoms with Gasteiger partial charge in [-0.15, -0.1) is 0 Å². The molecule has 4 N–H and O–H groups in total. The first-order valence-corrected chi connectivity index (χ1v) is 15.4. The number of hydrogen-bond donors (Lipinski definition) is 2. The van der Waals surface area contributed by atoms with Gasteiger partial charge in [0.25, 0.3) is 0 Å². The molecule has 13 nitrogen and oxygen atoms in total. The number of benzene rings is 2. The van der Waals surface area contributed by atoms with Crippen molar-refractivity contribution < 1.29 is 52.1 Å². The van der Waals surface area contributed by atoms with Crippen LogP contribution < -0.4 is 20.9 Å². The zero-order valence-electron chi connectivity index (χ0n) is 26.4. The van der Waals surface area contributed by atoms with Gasteiger partial charge in [-0.3, -0.25) is 0 Å². The molecule has 0 fully saturated rings. The van der Waals surface area contributed by atoms with Crippen LogP contribution in [-0.2, 0) is 42.6 Å². The lowest BCUT2D eigenvalue weighted by Crippen LogP contribution is -2.15. The summed E-state index contributed by atoms with van der Waals surface area (Å²) in [6, 6.07) is 14.5. The van der Waals surface area contributed by atoms with Gasteiger partial charge in [0.05, 0.1) is 119 Å². The van der Waals surface area contributed by atoms with Crippen LogP contribution in [0.3, 0.4) is 0 Å². The molecule has 0 radical (unpaired) electrons. The van der Waals surface area contributed by atoms with Gasteiger partial charge in [0, 0.05) is 11.4 Å². The fourth-order valence-corrected chi connectivity index (χ4v) is 3.43. The zero-order valence-corrected chi connectivity index (χ0v) is 26.4. The highest BCUT2D eigenvalue weighted by Gasteiger charge is 1.98. The zero-order chi connectivity index (χ0) is 31.9. The van der Waals surface area contributed by atoms with Gasteiger partial charge in [0.2, 0.25) is 0 Å². The van der Waals surface area contributed by atoms with E-state index in [4.69, 9.17) is 63.6 Å². The molecule has 0 aromatic heterocycles. The van der Waals surface area contributed by atoms with Gasteiger partial charge in [-0.05, 0) is 48.5 Å². The molecule has 0 aliphatic carbocycles. The van der Waals surface area contributed by atoms with Crippen LogP contribution in [0.5, 0.6) is 11.5 Å². The van der Waals surface area contributed by atoms with Crippen LogP contribution in [0.2, 0.25) is 0 Å². The van der Waals surface area contributed by atoms with Gasteiger partial charge in [-0.25, -0.2) is 0 Å². The van der Waals surface area contributed by atoms with E-state index in [0.717, 1.165) is 11.5 Å². The molecule has 0 amide bonds. The molecule has 2 aromatic rings. The van der Waals surface area contributed by atoms with Crippen LogP contribution in [0.15, 0.2) is 48.5 Å². The Bertz CT molecular complexity index is 833. The molecular formula is C32H52N2O11. The van der Waals surface area contributed by atoms with E-state index in [0.29, 0.717) is 144 Å². The van der Waals surface area contributed by atoms with E-state index < -0.39 is 0 Å². The van der Waals surface area contributed by atoms with E-state index in [1.807, 2.05) is 24.3 Å². The Morgan fingerprint density at radius 2 is 0.444 bits per heavy atom. The monoisotopic (exact) mass is 640 g/mol. The number of nitrogen functional groups attached to an aromatic ring is 2. The largest absolute Gasteiger partial charge is 0.491 e. The van der Waals surface area contributed by atoms with E-state index in [2.05, 4.69) is 0 Å². The highest BCUT2D eigenvalue weighted by atomic mass is 16.6. The van der Waals surface area contributed by atoms with E-state index in [1.54, 1.807) is 24.3 Å². The lowest BCUT2D eigenvalue weighted by molar-refractivity contribution is -0.0257. The van der Waals surface area contributed by atoms with Gasteiger partial charge in [0.1, 0.15) is 24.7 Å². The summed E-state index contributed by atoms with van der Waals surface area (Å²) in [6.07, 6.45) is 0. The first kappa shape index (κ1) is 38.5. The van der Waals surface area contributed by atoms with E-state index in [1.165, 1.54) is 0 Å². The minimum Gasteiger partial charge on any atom is -0.491 e. The number of anilines is 2. The Labute approximate surface area is 267 Å². The number of ether oxygens (including phenoxy) is 11.